The number of hydrogen-bond donors (Lipinski definition) is 0. The van der Waals surface area contributed by atoms with Crippen LogP contribution in [0.1, 0.15) is 30.2 Å². The summed E-state index contributed by atoms with van der Waals surface area (Å²) in [7, 11) is 0. The Bertz CT molecular complexity index is 266. The van der Waals surface area contributed by atoms with Gasteiger partial charge in [-0.1, -0.05) is 6.92 Å². The van der Waals surface area contributed by atoms with Crippen molar-refractivity contribution < 1.29 is 0 Å². The predicted octanol–water partition coefficient (Wildman–Crippen LogP) is 2.13. The smallest absolute Gasteiger partial charge is 0.0438 e. The van der Waals surface area contributed by atoms with Crippen LogP contribution in [0.5, 0.6) is 0 Å². The van der Waals surface area contributed by atoms with Crippen molar-refractivity contribution in [2.45, 2.75) is 32.6 Å². The number of pyridine rings is 1. The maximum Gasteiger partial charge on any atom is 0.0438 e. The Morgan fingerprint density at radius 1 is 1.45 bits per heavy atom. The molecule has 1 heteroatoms. The minimum absolute atomic E-state index is 1.16. The molecule has 58 valence electrons. The summed E-state index contributed by atoms with van der Waals surface area (Å²) in [5, 5.41) is 0. The van der Waals surface area contributed by atoms with Crippen LogP contribution in [0.4, 0.5) is 0 Å². The number of aromatic nitrogens is 1. The van der Waals surface area contributed by atoms with Crippen LogP contribution < -0.4 is 0 Å². The van der Waals surface area contributed by atoms with Gasteiger partial charge < -0.3 is 0 Å². The van der Waals surface area contributed by atoms with Crippen LogP contribution in [0.25, 0.3) is 0 Å². The van der Waals surface area contributed by atoms with E-state index in [0.717, 1.165) is 6.42 Å². The van der Waals surface area contributed by atoms with Gasteiger partial charge in [-0.05, 0) is 42.9 Å². The maximum absolute atomic E-state index is 4.37. The average molecular weight is 147 g/mol. The molecule has 1 heterocycles. The first-order valence-electron chi connectivity index (χ1n) is 4.37. The van der Waals surface area contributed by atoms with Crippen LogP contribution in [-0.2, 0) is 19.3 Å². The normalized spacial score (nSPS) is 15.0. The first kappa shape index (κ1) is 6.84. The van der Waals surface area contributed by atoms with E-state index in [2.05, 4.69) is 18.0 Å². The highest BCUT2D eigenvalue weighted by atomic mass is 14.7. The van der Waals surface area contributed by atoms with Gasteiger partial charge in [0.05, 0.1) is 0 Å². The first-order valence-corrected chi connectivity index (χ1v) is 4.37. The quantitative estimate of drug-likeness (QED) is 0.593. The molecular formula is C10H13N. The molecule has 0 aliphatic heterocycles. The molecule has 0 aromatic carbocycles. The van der Waals surface area contributed by atoms with Gasteiger partial charge >= 0.3 is 0 Å². The second-order valence-corrected chi connectivity index (χ2v) is 3.10. The van der Waals surface area contributed by atoms with Gasteiger partial charge in [0.15, 0.2) is 0 Å². The van der Waals surface area contributed by atoms with Crippen LogP contribution in [0, 0.1) is 0 Å². The molecule has 1 aromatic heterocycles. The molecule has 0 atom stereocenters. The third-order valence-corrected chi connectivity index (χ3v) is 2.46. The lowest BCUT2D eigenvalue weighted by molar-refractivity contribution is 0.896. The summed E-state index contributed by atoms with van der Waals surface area (Å²) in [5.41, 5.74) is 4.40. The summed E-state index contributed by atoms with van der Waals surface area (Å²) in [6.45, 7) is 2.22. The highest BCUT2D eigenvalue weighted by Crippen LogP contribution is 2.23. The van der Waals surface area contributed by atoms with Crippen LogP contribution in [0.3, 0.4) is 0 Å². The summed E-state index contributed by atoms with van der Waals surface area (Å²) in [6.07, 6.45) is 6.86. The van der Waals surface area contributed by atoms with Crippen molar-refractivity contribution in [2.75, 3.05) is 0 Å². The third kappa shape index (κ3) is 1.05. The number of fused-ring (bicyclic) bond motifs is 1. The van der Waals surface area contributed by atoms with Crippen LogP contribution in [-0.4, -0.2) is 4.98 Å². The second kappa shape index (κ2) is 2.65. The molecule has 0 fully saturated rings. The SMILES string of the molecule is CCc1ccnc2c1CCC2. The molecule has 1 aliphatic carbocycles. The Balaban J connectivity index is 2.50. The summed E-state index contributed by atoms with van der Waals surface area (Å²) in [4.78, 5) is 4.37. The number of rotatable bonds is 1. The lowest BCUT2D eigenvalue weighted by atomic mass is 10.1. The fraction of sp³-hybridized carbons (Fsp3) is 0.500. The molecule has 0 saturated carbocycles. The van der Waals surface area contributed by atoms with E-state index in [4.69, 9.17) is 0 Å². The number of nitrogens with zero attached hydrogens (tertiary/aromatic N) is 1. The van der Waals surface area contributed by atoms with E-state index >= 15 is 0 Å². The predicted molar refractivity (Wildman–Crippen MR) is 45.6 cm³/mol. The zero-order valence-electron chi connectivity index (χ0n) is 6.93. The second-order valence-electron chi connectivity index (χ2n) is 3.10. The van der Waals surface area contributed by atoms with E-state index < -0.39 is 0 Å². The van der Waals surface area contributed by atoms with Crippen molar-refractivity contribution in [3.63, 3.8) is 0 Å². The fourth-order valence-electron chi connectivity index (χ4n) is 1.87. The molecule has 11 heavy (non-hydrogen) atoms. The van der Waals surface area contributed by atoms with Gasteiger partial charge in [-0.3, -0.25) is 4.98 Å². The van der Waals surface area contributed by atoms with Crippen molar-refractivity contribution in [2.24, 2.45) is 0 Å². The van der Waals surface area contributed by atoms with Gasteiger partial charge in [-0.2, -0.15) is 0 Å². The monoisotopic (exact) mass is 147 g/mol. The minimum Gasteiger partial charge on any atom is -0.261 e. The minimum atomic E-state index is 1.16. The topological polar surface area (TPSA) is 12.9 Å². The fourth-order valence-corrected chi connectivity index (χ4v) is 1.87. The molecule has 0 unspecified atom stereocenters. The standard InChI is InChI=1S/C10H13N/c1-2-8-6-7-11-10-5-3-4-9(8)10/h6-7H,2-5H2,1H3. The lowest BCUT2D eigenvalue weighted by Gasteiger charge is -2.03. The van der Waals surface area contributed by atoms with Gasteiger partial charge in [-0.25, -0.2) is 0 Å². The van der Waals surface area contributed by atoms with Crippen molar-refractivity contribution in [1.82, 2.24) is 4.98 Å². The van der Waals surface area contributed by atoms with E-state index in [-0.39, 0.29) is 0 Å². The van der Waals surface area contributed by atoms with E-state index in [9.17, 15) is 0 Å². The Labute approximate surface area is 67.5 Å². The number of aryl methyl sites for hydroxylation is 2. The van der Waals surface area contributed by atoms with Gasteiger partial charge in [0.1, 0.15) is 0 Å². The molecule has 1 aliphatic rings. The molecule has 0 spiro atoms. The van der Waals surface area contributed by atoms with Gasteiger partial charge in [0.25, 0.3) is 0 Å². The Hall–Kier alpha value is -0.850. The number of hydrogen-bond acceptors (Lipinski definition) is 1. The Morgan fingerprint density at radius 3 is 3.18 bits per heavy atom. The molecule has 2 rings (SSSR count). The summed E-state index contributed by atoms with van der Waals surface area (Å²) < 4.78 is 0. The van der Waals surface area contributed by atoms with E-state index in [1.807, 2.05) is 6.20 Å². The van der Waals surface area contributed by atoms with Crippen LogP contribution >= 0.6 is 0 Å². The summed E-state index contributed by atoms with van der Waals surface area (Å²) in [5.74, 6) is 0. The van der Waals surface area contributed by atoms with Gasteiger partial charge in [0, 0.05) is 11.9 Å². The third-order valence-electron chi connectivity index (χ3n) is 2.46. The van der Waals surface area contributed by atoms with Crippen molar-refractivity contribution in [3.05, 3.63) is 29.1 Å². The highest BCUT2D eigenvalue weighted by molar-refractivity contribution is 5.33. The van der Waals surface area contributed by atoms with Crippen LogP contribution in [0.15, 0.2) is 12.3 Å². The van der Waals surface area contributed by atoms with Gasteiger partial charge in [-0.15, -0.1) is 0 Å². The highest BCUT2D eigenvalue weighted by Gasteiger charge is 2.13. The van der Waals surface area contributed by atoms with E-state index in [0.29, 0.717) is 0 Å². The lowest BCUT2D eigenvalue weighted by Crippen LogP contribution is -1.93. The molecule has 0 amide bonds. The molecule has 0 bridgehead atoms. The summed E-state index contributed by atoms with van der Waals surface area (Å²) >= 11 is 0. The molecule has 0 saturated heterocycles. The van der Waals surface area contributed by atoms with E-state index in [1.165, 1.54) is 36.1 Å². The molecule has 0 N–H and O–H groups in total. The zero-order valence-corrected chi connectivity index (χ0v) is 6.93. The zero-order chi connectivity index (χ0) is 7.68. The summed E-state index contributed by atoms with van der Waals surface area (Å²) in [6, 6.07) is 2.16. The molecular weight excluding hydrogens is 134 g/mol. The van der Waals surface area contributed by atoms with Crippen molar-refractivity contribution in [3.8, 4) is 0 Å². The van der Waals surface area contributed by atoms with Gasteiger partial charge in [0.2, 0.25) is 0 Å². The maximum atomic E-state index is 4.37. The van der Waals surface area contributed by atoms with Crippen molar-refractivity contribution in [1.29, 1.82) is 0 Å². The molecule has 1 nitrogen and oxygen atoms in total. The Kier molecular flexibility index (Phi) is 1.65. The molecule has 1 aromatic rings. The molecule has 0 radical (unpaired) electrons. The van der Waals surface area contributed by atoms with Crippen molar-refractivity contribution >= 4 is 0 Å². The Morgan fingerprint density at radius 2 is 2.36 bits per heavy atom. The average Bonchev–Trinajstić information content (AvgIpc) is 2.50. The van der Waals surface area contributed by atoms with Crippen LogP contribution in [0.2, 0.25) is 0 Å². The van der Waals surface area contributed by atoms with E-state index in [1.54, 1.807) is 0 Å². The largest absolute Gasteiger partial charge is 0.261 e. The first-order chi connectivity index (χ1) is 5.42.